The molecule has 0 fully saturated rings. The molecule has 0 atom stereocenters. The van der Waals surface area contributed by atoms with Gasteiger partial charge in [0.25, 0.3) is 0 Å². The summed E-state index contributed by atoms with van der Waals surface area (Å²) in [4.78, 5) is 22.3. The largest absolute Gasteiger partial charge is 0.477 e. The first-order chi connectivity index (χ1) is 8.79. The zero-order chi connectivity index (χ0) is 14.5. The number of nitrogens with two attached hydrogens (primary N) is 1. The maximum Gasteiger partial charge on any atom is 0.352 e. The Balaban J connectivity index is 2.39. The molecular formula is C10H15N3O5S. The summed E-state index contributed by atoms with van der Waals surface area (Å²) in [7, 11) is -3.52. The molecule has 0 saturated heterocycles. The number of nitrogens with zero attached hydrogens (tertiary/aromatic N) is 1. The Morgan fingerprint density at radius 1 is 1.42 bits per heavy atom. The van der Waals surface area contributed by atoms with Gasteiger partial charge in [-0.25, -0.2) is 18.4 Å². The van der Waals surface area contributed by atoms with Crippen molar-refractivity contribution in [3.05, 3.63) is 24.0 Å². The van der Waals surface area contributed by atoms with Crippen LogP contribution in [0.1, 0.15) is 16.9 Å². The van der Waals surface area contributed by atoms with E-state index in [9.17, 15) is 18.0 Å². The number of sulfonamides is 1. The lowest BCUT2D eigenvalue weighted by Crippen LogP contribution is -2.30. The highest BCUT2D eigenvalue weighted by Crippen LogP contribution is 2.01. The zero-order valence-corrected chi connectivity index (χ0v) is 10.9. The van der Waals surface area contributed by atoms with Crippen LogP contribution in [0.15, 0.2) is 18.3 Å². The molecule has 4 N–H and O–H groups in total. The summed E-state index contributed by atoms with van der Waals surface area (Å²) in [6, 6.07) is 2.91. The van der Waals surface area contributed by atoms with Crippen LogP contribution in [0.5, 0.6) is 0 Å². The van der Waals surface area contributed by atoms with Crippen molar-refractivity contribution in [1.29, 1.82) is 0 Å². The van der Waals surface area contributed by atoms with E-state index in [1.807, 2.05) is 0 Å². The van der Waals surface area contributed by atoms with E-state index >= 15 is 0 Å². The summed E-state index contributed by atoms with van der Waals surface area (Å²) in [5.41, 5.74) is 0.0136. The molecule has 0 aliphatic rings. The predicted octanol–water partition coefficient (Wildman–Crippen LogP) is -1.02. The molecule has 1 aromatic rings. The van der Waals surface area contributed by atoms with Gasteiger partial charge in [-0.15, -0.1) is 0 Å². The number of hydrogen-bond acceptors (Lipinski definition) is 4. The quantitative estimate of drug-likeness (QED) is 0.553. The standard InChI is InChI=1S/C10H15N3O5S/c11-19(17,18)6-2-4-12-9(14)7-13-5-1-3-8(13)10(15)16/h1,3,5H,2,4,6-7H2,(H,12,14)(H,15,16)(H2,11,17,18). The van der Waals surface area contributed by atoms with Crippen molar-refractivity contribution in [2.75, 3.05) is 12.3 Å². The van der Waals surface area contributed by atoms with Crippen LogP contribution in [-0.2, 0) is 21.4 Å². The van der Waals surface area contributed by atoms with Gasteiger partial charge in [0, 0.05) is 12.7 Å². The number of carbonyl (C=O) groups excluding carboxylic acids is 1. The topological polar surface area (TPSA) is 131 Å². The van der Waals surface area contributed by atoms with Crippen molar-refractivity contribution in [3.63, 3.8) is 0 Å². The van der Waals surface area contributed by atoms with E-state index in [0.29, 0.717) is 0 Å². The van der Waals surface area contributed by atoms with Gasteiger partial charge in [-0.3, -0.25) is 4.79 Å². The summed E-state index contributed by atoms with van der Waals surface area (Å²) in [5, 5.41) is 16.1. The van der Waals surface area contributed by atoms with Gasteiger partial charge in [0.15, 0.2) is 0 Å². The third-order valence-electron chi connectivity index (χ3n) is 2.29. The molecule has 106 valence electrons. The van der Waals surface area contributed by atoms with Gasteiger partial charge in [0.05, 0.1) is 5.75 Å². The Morgan fingerprint density at radius 3 is 2.68 bits per heavy atom. The van der Waals surface area contributed by atoms with E-state index < -0.39 is 21.9 Å². The number of aromatic carboxylic acids is 1. The average molecular weight is 289 g/mol. The fourth-order valence-electron chi connectivity index (χ4n) is 1.46. The molecule has 8 nitrogen and oxygen atoms in total. The van der Waals surface area contributed by atoms with Crippen LogP contribution in [0.3, 0.4) is 0 Å². The Labute approximate surface area is 110 Å². The predicted molar refractivity (Wildman–Crippen MR) is 67.0 cm³/mol. The van der Waals surface area contributed by atoms with Crippen molar-refractivity contribution >= 4 is 21.9 Å². The van der Waals surface area contributed by atoms with Crippen molar-refractivity contribution in [2.24, 2.45) is 5.14 Å². The van der Waals surface area contributed by atoms with Crippen LogP contribution in [-0.4, -0.2) is 42.3 Å². The van der Waals surface area contributed by atoms with E-state index in [-0.39, 0.29) is 31.0 Å². The number of carbonyl (C=O) groups is 2. The molecule has 9 heteroatoms. The van der Waals surface area contributed by atoms with Crippen LogP contribution < -0.4 is 10.5 Å². The Kier molecular flexibility index (Phi) is 5.07. The van der Waals surface area contributed by atoms with Crippen LogP contribution >= 0.6 is 0 Å². The molecule has 0 unspecified atom stereocenters. The van der Waals surface area contributed by atoms with Gasteiger partial charge >= 0.3 is 5.97 Å². The van der Waals surface area contributed by atoms with Crippen molar-refractivity contribution < 1.29 is 23.1 Å². The minimum Gasteiger partial charge on any atom is -0.477 e. The van der Waals surface area contributed by atoms with Crippen LogP contribution in [0, 0.1) is 0 Å². The van der Waals surface area contributed by atoms with E-state index in [4.69, 9.17) is 10.2 Å². The highest BCUT2D eigenvalue weighted by Gasteiger charge is 2.11. The fourth-order valence-corrected chi connectivity index (χ4v) is 2.00. The molecule has 1 heterocycles. The molecule has 0 aromatic carbocycles. The van der Waals surface area contributed by atoms with Gasteiger partial charge in [-0.1, -0.05) is 0 Å². The monoisotopic (exact) mass is 289 g/mol. The van der Waals surface area contributed by atoms with E-state index in [0.717, 1.165) is 0 Å². The molecule has 1 amide bonds. The summed E-state index contributed by atoms with van der Waals surface area (Å²) in [5.74, 6) is -1.72. The summed E-state index contributed by atoms with van der Waals surface area (Å²) in [6.45, 7) is 0.0307. The van der Waals surface area contributed by atoms with Crippen LogP contribution in [0.2, 0.25) is 0 Å². The Hall–Kier alpha value is -1.87. The second-order valence-corrected chi connectivity index (χ2v) is 5.63. The van der Waals surface area contributed by atoms with Crippen LogP contribution in [0.4, 0.5) is 0 Å². The first-order valence-electron chi connectivity index (χ1n) is 5.45. The first-order valence-corrected chi connectivity index (χ1v) is 7.17. The third-order valence-corrected chi connectivity index (χ3v) is 3.15. The fraction of sp³-hybridized carbons (Fsp3) is 0.400. The molecule has 0 radical (unpaired) electrons. The lowest BCUT2D eigenvalue weighted by molar-refractivity contribution is -0.121. The molecule has 0 spiro atoms. The lowest BCUT2D eigenvalue weighted by Gasteiger charge is -2.07. The number of primary sulfonamides is 1. The molecular weight excluding hydrogens is 274 g/mol. The third kappa shape index (κ3) is 5.53. The molecule has 1 aromatic heterocycles. The number of carboxylic acid groups (broad SMARTS) is 1. The molecule has 19 heavy (non-hydrogen) atoms. The van der Waals surface area contributed by atoms with E-state index in [2.05, 4.69) is 5.32 Å². The molecule has 0 aliphatic carbocycles. The van der Waals surface area contributed by atoms with E-state index in [1.165, 1.54) is 22.9 Å². The van der Waals surface area contributed by atoms with Gasteiger partial charge < -0.3 is 15.0 Å². The second-order valence-electron chi connectivity index (χ2n) is 3.90. The maximum atomic E-state index is 11.5. The van der Waals surface area contributed by atoms with Crippen LogP contribution in [0.25, 0.3) is 0 Å². The second kappa shape index (κ2) is 6.34. The molecule has 1 rings (SSSR count). The summed E-state index contributed by atoms with van der Waals surface area (Å²) in [6.07, 6.45) is 1.69. The lowest BCUT2D eigenvalue weighted by atomic mass is 10.4. The number of rotatable bonds is 7. The maximum absolute atomic E-state index is 11.5. The highest BCUT2D eigenvalue weighted by molar-refractivity contribution is 7.89. The summed E-state index contributed by atoms with van der Waals surface area (Å²) >= 11 is 0. The molecule has 0 saturated carbocycles. The minimum absolute atomic E-state index is 0.0136. The number of amides is 1. The number of hydrogen-bond donors (Lipinski definition) is 3. The van der Waals surface area contributed by atoms with Gasteiger partial charge in [-0.05, 0) is 18.6 Å². The first kappa shape index (κ1) is 15.2. The molecule has 0 aliphatic heterocycles. The molecule has 0 bridgehead atoms. The van der Waals surface area contributed by atoms with Gasteiger partial charge in [0.1, 0.15) is 12.2 Å². The van der Waals surface area contributed by atoms with Gasteiger partial charge in [-0.2, -0.15) is 0 Å². The smallest absolute Gasteiger partial charge is 0.352 e. The highest BCUT2D eigenvalue weighted by atomic mass is 32.2. The van der Waals surface area contributed by atoms with E-state index in [1.54, 1.807) is 0 Å². The Morgan fingerprint density at radius 2 is 2.11 bits per heavy atom. The zero-order valence-electron chi connectivity index (χ0n) is 10.1. The average Bonchev–Trinajstić information content (AvgIpc) is 2.71. The van der Waals surface area contributed by atoms with Gasteiger partial charge in [0.2, 0.25) is 15.9 Å². The summed E-state index contributed by atoms with van der Waals surface area (Å²) < 4.78 is 22.6. The number of aromatic nitrogens is 1. The minimum atomic E-state index is -3.52. The normalized spacial score (nSPS) is 11.2. The Bertz CT molecular complexity index is 563. The number of nitrogens with one attached hydrogen (secondary N) is 1. The van der Waals surface area contributed by atoms with Crippen molar-refractivity contribution in [2.45, 2.75) is 13.0 Å². The van der Waals surface area contributed by atoms with Crippen molar-refractivity contribution in [3.8, 4) is 0 Å². The number of carboxylic acids is 1. The van der Waals surface area contributed by atoms with Crippen molar-refractivity contribution in [1.82, 2.24) is 9.88 Å². The SMILES string of the molecule is NS(=O)(=O)CCCNC(=O)Cn1cccc1C(=O)O.